The summed E-state index contributed by atoms with van der Waals surface area (Å²) < 4.78 is 5.13. The Bertz CT molecular complexity index is 329. The van der Waals surface area contributed by atoms with Crippen molar-refractivity contribution in [1.82, 2.24) is 4.90 Å². The Labute approximate surface area is 102 Å². The first-order valence-electron chi connectivity index (χ1n) is 6.58. The highest BCUT2D eigenvalue weighted by Gasteiger charge is 2.55. The standard InChI is InChI=1S/C13H21NO3/c1-3-14-8-10-6-5-7-13(9-14,11(10)15)12(16)17-4-2/h10H,3-9H2,1-2H3. The number of rotatable bonds is 3. The van der Waals surface area contributed by atoms with E-state index in [1.165, 1.54) is 0 Å². The first kappa shape index (κ1) is 12.6. The molecule has 0 spiro atoms. The maximum atomic E-state index is 12.4. The first-order valence-corrected chi connectivity index (χ1v) is 6.58. The number of piperidine rings is 1. The van der Waals surface area contributed by atoms with Gasteiger partial charge in [-0.05, 0) is 26.3 Å². The molecule has 1 aliphatic carbocycles. The van der Waals surface area contributed by atoms with Crippen molar-refractivity contribution >= 4 is 11.8 Å². The van der Waals surface area contributed by atoms with Gasteiger partial charge in [0.1, 0.15) is 5.41 Å². The van der Waals surface area contributed by atoms with Crippen molar-refractivity contribution in [2.75, 3.05) is 26.2 Å². The number of Topliss-reactive ketones (excluding diaryl/α,β-unsaturated/α-hetero) is 1. The van der Waals surface area contributed by atoms with E-state index in [9.17, 15) is 9.59 Å². The molecule has 4 nitrogen and oxygen atoms in total. The van der Waals surface area contributed by atoms with Crippen LogP contribution in [0, 0.1) is 11.3 Å². The van der Waals surface area contributed by atoms with E-state index in [1.54, 1.807) is 6.92 Å². The molecule has 1 aliphatic heterocycles. The fraction of sp³-hybridized carbons (Fsp3) is 0.846. The zero-order chi connectivity index (χ0) is 12.5. The third-order valence-electron chi connectivity index (χ3n) is 4.08. The number of carbonyl (C=O) groups excluding carboxylic acids is 2. The Hall–Kier alpha value is -0.900. The van der Waals surface area contributed by atoms with Gasteiger partial charge in [-0.15, -0.1) is 0 Å². The molecule has 0 amide bonds. The van der Waals surface area contributed by atoms with Gasteiger partial charge in [-0.25, -0.2) is 0 Å². The second-order valence-corrected chi connectivity index (χ2v) is 5.08. The lowest BCUT2D eigenvalue weighted by molar-refractivity contribution is -0.170. The van der Waals surface area contributed by atoms with E-state index in [1.807, 2.05) is 0 Å². The predicted molar refractivity (Wildman–Crippen MR) is 63.5 cm³/mol. The number of fused-ring (bicyclic) bond motifs is 2. The minimum Gasteiger partial charge on any atom is -0.465 e. The van der Waals surface area contributed by atoms with Crippen LogP contribution >= 0.6 is 0 Å². The fourth-order valence-electron chi connectivity index (χ4n) is 3.16. The van der Waals surface area contributed by atoms with Crippen molar-refractivity contribution in [3.63, 3.8) is 0 Å². The van der Waals surface area contributed by atoms with E-state index in [0.717, 1.165) is 25.9 Å². The molecule has 2 rings (SSSR count). The van der Waals surface area contributed by atoms with Crippen molar-refractivity contribution < 1.29 is 14.3 Å². The van der Waals surface area contributed by atoms with Gasteiger partial charge in [0.05, 0.1) is 6.61 Å². The Morgan fingerprint density at radius 3 is 2.94 bits per heavy atom. The third-order valence-corrected chi connectivity index (χ3v) is 4.08. The first-order chi connectivity index (χ1) is 8.14. The molecule has 96 valence electrons. The predicted octanol–water partition coefficient (Wildman–Crippen LogP) is 1.24. The largest absolute Gasteiger partial charge is 0.465 e. The number of hydrogen-bond donors (Lipinski definition) is 0. The molecule has 0 radical (unpaired) electrons. The molecule has 0 aromatic rings. The quantitative estimate of drug-likeness (QED) is 0.549. The summed E-state index contributed by atoms with van der Waals surface area (Å²) in [7, 11) is 0. The van der Waals surface area contributed by atoms with E-state index in [4.69, 9.17) is 4.74 Å². The van der Waals surface area contributed by atoms with Gasteiger partial charge in [-0.1, -0.05) is 13.3 Å². The van der Waals surface area contributed by atoms with Gasteiger partial charge in [0.2, 0.25) is 0 Å². The van der Waals surface area contributed by atoms with Gasteiger partial charge in [-0.3, -0.25) is 9.59 Å². The highest BCUT2D eigenvalue weighted by atomic mass is 16.5. The topological polar surface area (TPSA) is 46.6 Å². The molecule has 0 aromatic heterocycles. The van der Waals surface area contributed by atoms with Crippen LogP contribution < -0.4 is 0 Å². The number of esters is 1. The Morgan fingerprint density at radius 1 is 1.53 bits per heavy atom. The summed E-state index contributed by atoms with van der Waals surface area (Å²) in [6, 6.07) is 0. The lowest BCUT2D eigenvalue weighted by Gasteiger charge is -2.46. The minimum absolute atomic E-state index is 0.0434. The summed E-state index contributed by atoms with van der Waals surface area (Å²) in [5.74, 6) is -0.124. The summed E-state index contributed by atoms with van der Waals surface area (Å²) in [5.41, 5.74) is -0.854. The summed E-state index contributed by atoms with van der Waals surface area (Å²) in [5, 5.41) is 0. The van der Waals surface area contributed by atoms with Crippen molar-refractivity contribution in [1.29, 1.82) is 0 Å². The summed E-state index contributed by atoms with van der Waals surface area (Å²) in [6.07, 6.45) is 2.56. The number of nitrogens with zero attached hydrogens (tertiary/aromatic N) is 1. The summed E-state index contributed by atoms with van der Waals surface area (Å²) >= 11 is 0. The minimum atomic E-state index is -0.854. The zero-order valence-electron chi connectivity index (χ0n) is 10.7. The second-order valence-electron chi connectivity index (χ2n) is 5.08. The average Bonchev–Trinajstić information content (AvgIpc) is 2.29. The monoisotopic (exact) mass is 239 g/mol. The van der Waals surface area contributed by atoms with E-state index < -0.39 is 5.41 Å². The van der Waals surface area contributed by atoms with E-state index in [-0.39, 0.29) is 17.7 Å². The maximum absolute atomic E-state index is 12.4. The molecule has 2 bridgehead atoms. The van der Waals surface area contributed by atoms with Crippen LogP contribution in [0.3, 0.4) is 0 Å². The van der Waals surface area contributed by atoms with Crippen molar-refractivity contribution in [3.8, 4) is 0 Å². The third kappa shape index (κ3) is 1.99. The van der Waals surface area contributed by atoms with Gasteiger partial charge in [0.15, 0.2) is 5.78 Å². The molecule has 2 fully saturated rings. The molecule has 0 aromatic carbocycles. The van der Waals surface area contributed by atoms with Crippen LogP contribution in [-0.2, 0) is 14.3 Å². The van der Waals surface area contributed by atoms with Crippen LogP contribution in [0.1, 0.15) is 33.1 Å². The molecule has 17 heavy (non-hydrogen) atoms. The molecule has 1 heterocycles. The van der Waals surface area contributed by atoms with Crippen molar-refractivity contribution in [3.05, 3.63) is 0 Å². The molecule has 0 N–H and O–H groups in total. The van der Waals surface area contributed by atoms with E-state index in [0.29, 0.717) is 19.6 Å². The average molecular weight is 239 g/mol. The maximum Gasteiger partial charge on any atom is 0.320 e. The van der Waals surface area contributed by atoms with Gasteiger partial charge in [0, 0.05) is 19.0 Å². The Morgan fingerprint density at radius 2 is 2.29 bits per heavy atom. The number of ketones is 1. The Balaban J connectivity index is 2.26. The normalized spacial score (nSPS) is 33.5. The Kier molecular flexibility index (Phi) is 3.52. The van der Waals surface area contributed by atoms with Crippen LogP contribution in [-0.4, -0.2) is 42.9 Å². The highest BCUT2D eigenvalue weighted by Crippen LogP contribution is 2.42. The molecule has 1 saturated carbocycles. The van der Waals surface area contributed by atoms with Gasteiger partial charge in [0.25, 0.3) is 0 Å². The van der Waals surface area contributed by atoms with Crippen LogP contribution in [0.25, 0.3) is 0 Å². The molecule has 2 aliphatic rings. The number of carbonyl (C=O) groups is 2. The highest BCUT2D eigenvalue weighted by molar-refractivity contribution is 6.06. The molecule has 2 atom stereocenters. The summed E-state index contributed by atoms with van der Waals surface area (Å²) in [4.78, 5) is 26.7. The SMILES string of the molecule is CCOC(=O)C12CCCC(CN(CC)C1)C2=O. The van der Waals surface area contributed by atoms with E-state index >= 15 is 0 Å². The fourth-order valence-corrected chi connectivity index (χ4v) is 3.16. The van der Waals surface area contributed by atoms with Crippen molar-refractivity contribution in [2.45, 2.75) is 33.1 Å². The lowest BCUT2D eigenvalue weighted by Crippen LogP contribution is -2.60. The van der Waals surface area contributed by atoms with Gasteiger partial charge in [-0.2, -0.15) is 0 Å². The summed E-state index contributed by atoms with van der Waals surface area (Å²) in [6.45, 7) is 6.48. The molecular formula is C13H21NO3. The molecular weight excluding hydrogens is 218 g/mol. The van der Waals surface area contributed by atoms with Gasteiger partial charge < -0.3 is 9.64 Å². The number of ether oxygens (including phenoxy) is 1. The molecule has 2 unspecified atom stereocenters. The zero-order valence-corrected chi connectivity index (χ0v) is 10.7. The lowest BCUT2D eigenvalue weighted by atomic mass is 9.65. The number of hydrogen-bond acceptors (Lipinski definition) is 4. The van der Waals surface area contributed by atoms with Crippen LogP contribution in [0.15, 0.2) is 0 Å². The molecule has 4 heteroatoms. The molecule has 1 saturated heterocycles. The smallest absolute Gasteiger partial charge is 0.320 e. The van der Waals surface area contributed by atoms with Crippen LogP contribution in [0.4, 0.5) is 0 Å². The van der Waals surface area contributed by atoms with Crippen molar-refractivity contribution in [2.24, 2.45) is 11.3 Å². The van der Waals surface area contributed by atoms with E-state index in [2.05, 4.69) is 11.8 Å². The van der Waals surface area contributed by atoms with Gasteiger partial charge >= 0.3 is 5.97 Å². The van der Waals surface area contributed by atoms with Crippen LogP contribution in [0.5, 0.6) is 0 Å². The second kappa shape index (κ2) is 4.77. The number of likely N-dealkylation sites (tertiary alicyclic amines) is 1. The van der Waals surface area contributed by atoms with Crippen LogP contribution in [0.2, 0.25) is 0 Å².